The average Bonchev–Trinajstić information content (AvgIpc) is 3.42. The van der Waals surface area contributed by atoms with Crippen LogP contribution in [0.25, 0.3) is 0 Å². The number of aromatic nitrogens is 1. The highest BCUT2D eigenvalue weighted by atomic mass is 32.2. The maximum absolute atomic E-state index is 13.3. The number of halogens is 1. The number of aryl methyl sites for hydroxylation is 2. The smallest absolute Gasteiger partial charge is 0.251 e. The highest BCUT2D eigenvalue weighted by Crippen LogP contribution is 2.26. The summed E-state index contributed by atoms with van der Waals surface area (Å²) < 4.78 is 42.5. The van der Waals surface area contributed by atoms with E-state index in [2.05, 4.69) is 15.6 Å². The van der Waals surface area contributed by atoms with Crippen molar-refractivity contribution in [3.63, 3.8) is 0 Å². The van der Waals surface area contributed by atoms with E-state index in [1.807, 2.05) is 12.1 Å². The van der Waals surface area contributed by atoms with Crippen LogP contribution in [0.4, 0.5) is 4.39 Å². The maximum atomic E-state index is 13.3. The largest absolute Gasteiger partial charge is 0.492 e. The number of amides is 1. The Hall–Kier alpha value is -3.28. The summed E-state index contributed by atoms with van der Waals surface area (Å²) in [5, 5.41) is 6.44. The number of thioether (sulfide) groups is 1. The average molecular weight is 614 g/mol. The quantitative estimate of drug-likeness (QED) is 0.294. The fourth-order valence-corrected chi connectivity index (χ4v) is 6.52. The van der Waals surface area contributed by atoms with Crippen LogP contribution >= 0.6 is 11.8 Å². The second kappa shape index (κ2) is 14.8. The molecule has 0 aliphatic carbocycles. The predicted molar refractivity (Wildman–Crippen MR) is 163 cm³/mol. The van der Waals surface area contributed by atoms with E-state index in [1.165, 1.54) is 30.2 Å². The van der Waals surface area contributed by atoms with Gasteiger partial charge in [-0.1, -0.05) is 30.0 Å². The van der Waals surface area contributed by atoms with E-state index in [0.29, 0.717) is 49.3 Å². The zero-order chi connectivity index (χ0) is 30.1. The van der Waals surface area contributed by atoms with Gasteiger partial charge in [0.15, 0.2) is 0 Å². The van der Waals surface area contributed by atoms with Crippen LogP contribution in [-0.4, -0.2) is 66.9 Å². The molecular weight excluding hydrogens is 577 g/mol. The van der Waals surface area contributed by atoms with Crippen LogP contribution in [0.5, 0.6) is 5.75 Å². The van der Waals surface area contributed by atoms with Gasteiger partial charge in [-0.15, -0.1) is 0 Å². The lowest BCUT2D eigenvalue weighted by Crippen LogP contribution is -2.34. The second-order valence-corrected chi connectivity index (χ2v) is 14.2. The molecule has 0 spiro atoms. The van der Waals surface area contributed by atoms with Crippen molar-refractivity contribution in [1.29, 1.82) is 0 Å². The molecule has 3 unspecified atom stereocenters. The fraction of sp³-hybridized carbons (Fsp3) is 0.387. The number of ether oxygens (including phenoxy) is 1. The molecule has 8 nitrogen and oxygen atoms in total. The molecule has 1 amide bonds. The standard InChI is InChI=1S/C31H36FN3O5S2/c1-21(13-15-42(2,38)39)35-30(36)29-17-27(12-9-23(29)8-5-22-6-10-25(32)11-7-22)40-20-26-16-28(19-34-26)41-31(37)24-4-3-14-33-18-24/h3-4,6-7,9-12,14,17-18,21,26,28,34H,5,8,13,15-16,19-20H2,1-2H3,(H,35,36). The highest BCUT2D eigenvalue weighted by molar-refractivity contribution is 8.14. The number of carbonyl (C=O) groups is 2. The number of hydrogen-bond acceptors (Lipinski definition) is 8. The van der Waals surface area contributed by atoms with Crippen molar-refractivity contribution in [3.05, 3.63) is 95.1 Å². The van der Waals surface area contributed by atoms with Crippen molar-refractivity contribution in [1.82, 2.24) is 15.6 Å². The van der Waals surface area contributed by atoms with Gasteiger partial charge in [-0.2, -0.15) is 0 Å². The van der Waals surface area contributed by atoms with Crippen molar-refractivity contribution in [2.75, 3.05) is 25.2 Å². The van der Waals surface area contributed by atoms with Crippen LogP contribution in [0.1, 0.15) is 51.6 Å². The predicted octanol–water partition coefficient (Wildman–Crippen LogP) is 4.24. The van der Waals surface area contributed by atoms with E-state index >= 15 is 0 Å². The molecule has 0 radical (unpaired) electrons. The minimum atomic E-state index is -3.14. The van der Waals surface area contributed by atoms with Crippen molar-refractivity contribution in [2.24, 2.45) is 0 Å². The van der Waals surface area contributed by atoms with Crippen LogP contribution in [0.15, 0.2) is 67.0 Å². The molecule has 1 aliphatic rings. The Morgan fingerprint density at radius 3 is 2.67 bits per heavy atom. The Morgan fingerprint density at radius 2 is 1.95 bits per heavy atom. The monoisotopic (exact) mass is 613 g/mol. The van der Waals surface area contributed by atoms with Crippen molar-refractivity contribution in [2.45, 2.75) is 49.9 Å². The first-order valence-electron chi connectivity index (χ1n) is 13.9. The molecule has 1 saturated heterocycles. The number of sulfone groups is 1. The number of pyridine rings is 1. The minimum Gasteiger partial charge on any atom is -0.492 e. The van der Waals surface area contributed by atoms with Gasteiger partial charge in [0.2, 0.25) is 5.12 Å². The van der Waals surface area contributed by atoms with Gasteiger partial charge in [0.1, 0.15) is 28.0 Å². The summed E-state index contributed by atoms with van der Waals surface area (Å²) in [5.74, 6) is -0.0832. The third-order valence-corrected chi connectivity index (χ3v) is 9.14. The first-order chi connectivity index (χ1) is 20.1. The number of hydrogen-bond donors (Lipinski definition) is 2. The molecule has 0 bridgehead atoms. The topological polar surface area (TPSA) is 114 Å². The second-order valence-electron chi connectivity index (χ2n) is 10.7. The molecule has 1 fully saturated rings. The Balaban J connectivity index is 1.38. The molecule has 224 valence electrons. The first-order valence-corrected chi connectivity index (χ1v) is 16.8. The van der Waals surface area contributed by atoms with E-state index in [9.17, 15) is 22.4 Å². The Bertz CT molecular complexity index is 1470. The number of nitrogens with one attached hydrogen (secondary N) is 2. The molecule has 1 aliphatic heterocycles. The van der Waals surface area contributed by atoms with E-state index in [0.717, 1.165) is 17.5 Å². The van der Waals surface area contributed by atoms with Gasteiger partial charge in [-0.05, 0) is 80.1 Å². The number of carbonyl (C=O) groups excluding carboxylic acids is 2. The lowest BCUT2D eigenvalue weighted by Gasteiger charge is -2.18. The number of benzene rings is 2. The van der Waals surface area contributed by atoms with Crippen LogP contribution in [0.2, 0.25) is 0 Å². The van der Waals surface area contributed by atoms with Crippen molar-refractivity contribution < 1.29 is 27.1 Å². The van der Waals surface area contributed by atoms with Crippen molar-refractivity contribution >= 4 is 32.6 Å². The molecule has 1 aromatic heterocycles. The highest BCUT2D eigenvalue weighted by Gasteiger charge is 2.27. The van der Waals surface area contributed by atoms with Gasteiger partial charge in [0, 0.05) is 53.7 Å². The number of rotatable bonds is 13. The number of nitrogens with zero attached hydrogens (tertiary/aromatic N) is 1. The zero-order valence-electron chi connectivity index (χ0n) is 23.7. The minimum absolute atomic E-state index is 0.00545. The molecule has 3 atom stereocenters. The molecule has 11 heteroatoms. The van der Waals surface area contributed by atoms with Gasteiger partial charge in [-0.25, -0.2) is 12.8 Å². The van der Waals surface area contributed by atoms with Crippen LogP contribution in [0, 0.1) is 5.82 Å². The third kappa shape index (κ3) is 9.92. The molecule has 3 aromatic rings. The van der Waals surface area contributed by atoms with E-state index in [4.69, 9.17) is 4.74 Å². The van der Waals surface area contributed by atoms with Crippen LogP contribution < -0.4 is 15.4 Å². The lowest BCUT2D eigenvalue weighted by atomic mass is 9.98. The summed E-state index contributed by atoms with van der Waals surface area (Å²) in [5.41, 5.74) is 2.80. The summed E-state index contributed by atoms with van der Waals surface area (Å²) in [7, 11) is -3.14. The molecule has 42 heavy (non-hydrogen) atoms. The summed E-state index contributed by atoms with van der Waals surface area (Å²) in [4.78, 5) is 29.9. The SMILES string of the molecule is CC(CCS(C)(=O)=O)NC(=O)c1cc(OCC2CC(SC(=O)c3cccnc3)CN2)ccc1CCc1ccc(F)cc1. The maximum Gasteiger partial charge on any atom is 0.251 e. The lowest BCUT2D eigenvalue weighted by molar-refractivity contribution is 0.0937. The van der Waals surface area contributed by atoms with Gasteiger partial charge in [0.25, 0.3) is 5.91 Å². The van der Waals surface area contributed by atoms with Gasteiger partial charge in [-0.3, -0.25) is 14.6 Å². The van der Waals surface area contributed by atoms with Gasteiger partial charge >= 0.3 is 0 Å². The van der Waals surface area contributed by atoms with Crippen LogP contribution in [-0.2, 0) is 22.7 Å². The molecule has 2 heterocycles. The van der Waals surface area contributed by atoms with Crippen LogP contribution in [0.3, 0.4) is 0 Å². The van der Waals surface area contributed by atoms with E-state index in [-0.39, 0.29) is 39.9 Å². The fourth-order valence-electron chi connectivity index (χ4n) is 4.67. The molecule has 2 aromatic carbocycles. The molecular formula is C31H36FN3O5S2. The van der Waals surface area contributed by atoms with Gasteiger partial charge in [0.05, 0.1) is 5.75 Å². The Morgan fingerprint density at radius 1 is 1.17 bits per heavy atom. The zero-order valence-corrected chi connectivity index (χ0v) is 25.3. The summed E-state index contributed by atoms with van der Waals surface area (Å²) in [6.07, 6.45) is 6.63. The Kier molecular flexibility index (Phi) is 11.1. The van der Waals surface area contributed by atoms with Gasteiger partial charge < -0.3 is 15.4 Å². The normalized spacial score (nSPS) is 17.5. The summed E-state index contributed by atoms with van der Waals surface area (Å²) in [6.45, 7) is 2.84. The molecule has 0 saturated carbocycles. The van der Waals surface area contributed by atoms with E-state index < -0.39 is 9.84 Å². The first kappa shape index (κ1) is 31.7. The molecule has 4 rings (SSSR count). The third-order valence-electron chi connectivity index (χ3n) is 7.03. The van der Waals surface area contributed by atoms with Crippen molar-refractivity contribution in [3.8, 4) is 5.75 Å². The van der Waals surface area contributed by atoms with E-state index in [1.54, 1.807) is 49.6 Å². The summed E-state index contributed by atoms with van der Waals surface area (Å²) >= 11 is 1.30. The Labute approximate surface area is 250 Å². The summed E-state index contributed by atoms with van der Waals surface area (Å²) in [6, 6.07) is 14.9. The molecule has 2 N–H and O–H groups in total.